The average molecular weight is 337 g/mol. The van der Waals surface area contributed by atoms with Gasteiger partial charge in [0.2, 0.25) is 0 Å². The fraction of sp³-hybridized carbons (Fsp3) is 0.158. The van der Waals surface area contributed by atoms with Gasteiger partial charge in [0.25, 0.3) is 5.91 Å². The number of nitrogens with one attached hydrogen (secondary N) is 1. The Morgan fingerprint density at radius 2 is 1.88 bits per heavy atom. The Bertz CT molecular complexity index is 831. The molecule has 0 aliphatic rings. The quantitative estimate of drug-likeness (QED) is 0.694. The molecular formula is C19H19N3O3. The lowest BCUT2D eigenvalue weighted by atomic mass is 10.2. The van der Waals surface area contributed by atoms with Crippen molar-refractivity contribution < 1.29 is 14.6 Å². The summed E-state index contributed by atoms with van der Waals surface area (Å²) in [4.78, 5) is 11.8. The molecule has 0 aliphatic heterocycles. The van der Waals surface area contributed by atoms with Gasteiger partial charge in [-0.3, -0.25) is 4.79 Å². The molecule has 0 fully saturated rings. The van der Waals surface area contributed by atoms with Gasteiger partial charge in [0.1, 0.15) is 0 Å². The van der Waals surface area contributed by atoms with Gasteiger partial charge in [-0.25, -0.2) is 4.68 Å². The minimum absolute atomic E-state index is 0.0172. The van der Waals surface area contributed by atoms with Crippen LogP contribution >= 0.6 is 0 Å². The SMILES string of the molecule is O=C(COc1ccccc1O)NCCc1cnn(-c2ccccc2)c1. The van der Waals surface area contributed by atoms with Gasteiger partial charge >= 0.3 is 0 Å². The molecule has 25 heavy (non-hydrogen) atoms. The van der Waals surface area contributed by atoms with Gasteiger partial charge in [-0.1, -0.05) is 30.3 Å². The zero-order chi connectivity index (χ0) is 17.5. The van der Waals surface area contributed by atoms with E-state index in [-0.39, 0.29) is 18.3 Å². The van der Waals surface area contributed by atoms with E-state index >= 15 is 0 Å². The molecule has 6 heteroatoms. The summed E-state index contributed by atoms with van der Waals surface area (Å²) in [7, 11) is 0. The van der Waals surface area contributed by atoms with Crippen LogP contribution in [0, 0.1) is 0 Å². The maximum atomic E-state index is 11.8. The Morgan fingerprint density at radius 3 is 2.68 bits per heavy atom. The van der Waals surface area contributed by atoms with Gasteiger partial charge in [0.05, 0.1) is 11.9 Å². The van der Waals surface area contributed by atoms with E-state index in [0.717, 1.165) is 11.3 Å². The summed E-state index contributed by atoms with van der Waals surface area (Å²) in [6.07, 6.45) is 4.41. The van der Waals surface area contributed by atoms with E-state index < -0.39 is 0 Å². The van der Waals surface area contributed by atoms with Crippen molar-refractivity contribution in [1.29, 1.82) is 0 Å². The molecule has 2 N–H and O–H groups in total. The molecule has 0 radical (unpaired) electrons. The number of aromatic nitrogens is 2. The highest BCUT2D eigenvalue weighted by molar-refractivity contribution is 5.77. The molecule has 2 aromatic carbocycles. The summed E-state index contributed by atoms with van der Waals surface area (Å²) >= 11 is 0. The van der Waals surface area contributed by atoms with E-state index in [1.807, 2.05) is 36.5 Å². The van der Waals surface area contributed by atoms with Crippen LogP contribution in [0.3, 0.4) is 0 Å². The minimum atomic E-state index is -0.237. The van der Waals surface area contributed by atoms with E-state index in [9.17, 15) is 9.90 Å². The second-order valence-electron chi connectivity index (χ2n) is 5.49. The predicted molar refractivity (Wildman–Crippen MR) is 93.9 cm³/mol. The van der Waals surface area contributed by atoms with E-state index in [4.69, 9.17) is 4.74 Å². The fourth-order valence-corrected chi connectivity index (χ4v) is 2.33. The Hall–Kier alpha value is -3.28. The van der Waals surface area contributed by atoms with Crippen molar-refractivity contribution in [3.05, 3.63) is 72.6 Å². The minimum Gasteiger partial charge on any atom is -0.504 e. The second-order valence-corrected chi connectivity index (χ2v) is 5.49. The Labute approximate surface area is 145 Å². The number of phenolic OH excluding ortho intramolecular Hbond substituents is 1. The number of aromatic hydroxyl groups is 1. The summed E-state index contributed by atoms with van der Waals surface area (Å²) in [6.45, 7) is 0.351. The maximum Gasteiger partial charge on any atom is 0.257 e. The molecule has 0 unspecified atom stereocenters. The first-order chi connectivity index (χ1) is 12.2. The van der Waals surface area contributed by atoms with Crippen molar-refractivity contribution in [2.24, 2.45) is 0 Å². The molecule has 1 amide bonds. The van der Waals surface area contributed by atoms with Crippen LogP contribution in [0.2, 0.25) is 0 Å². The molecule has 0 bridgehead atoms. The van der Waals surface area contributed by atoms with Crippen molar-refractivity contribution in [1.82, 2.24) is 15.1 Å². The van der Waals surface area contributed by atoms with E-state index in [0.29, 0.717) is 18.7 Å². The Kier molecular flexibility index (Phi) is 5.31. The van der Waals surface area contributed by atoms with Gasteiger partial charge in [0, 0.05) is 12.7 Å². The largest absolute Gasteiger partial charge is 0.504 e. The van der Waals surface area contributed by atoms with Crippen molar-refractivity contribution >= 4 is 5.91 Å². The number of hydrogen-bond acceptors (Lipinski definition) is 4. The Balaban J connectivity index is 1.43. The first-order valence-corrected chi connectivity index (χ1v) is 7.99. The molecule has 0 saturated heterocycles. The van der Waals surface area contributed by atoms with E-state index in [2.05, 4.69) is 10.4 Å². The highest BCUT2D eigenvalue weighted by atomic mass is 16.5. The third-order valence-electron chi connectivity index (χ3n) is 3.62. The number of amides is 1. The molecule has 3 aromatic rings. The smallest absolute Gasteiger partial charge is 0.257 e. The fourth-order valence-electron chi connectivity index (χ4n) is 2.33. The maximum absolute atomic E-state index is 11.8. The van der Waals surface area contributed by atoms with Crippen molar-refractivity contribution in [3.63, 3.8) is 0 Å². The van der Waals surface area contributed by atoms with Gasteiger partial charge in [-0.2, -0.15) is 5.10 Å². The molecule has 0 saturated carbocycles. The summed E-state index contributed by atoms with van der Waals surface area (Å²) < 4.78 is 7.09. The summed E-state index contributed by atoms with van der Waals surface area (Å²) in [5.41, 5.74) is 2.03. The molecule has 1 heterocycles. The monoisotopic (exact) mass is 337 g/mol. The van der Waals surface area contributed by atoms with Gasteiger partial charge in [0.15, 0.2) is 18.1 Å². The highest BCUT2D eigenvalue weighted by Gasteiger charge is 2.06. The van der Waals surface area contributed by atoms with Crippen LogP contribution in [0.5, 0.6) is 11.5 Å². The Morgan fingerprint density at radius 1 is 1.12 bits per heavy atom. The number of nitrogens with zero attached hydrogens (tertiary/aromatic N) is 2. The topological polar surface area (TPSA) is 76.4 Å². The van der Waals surface area contributed by atoms with E-state index in [1.54, 1.807) is 29.1 Å². The average Bonchev–Trinajstić information content (AvgIpc) is 3.11. The number of benzene rings is 2. The van der Waals surface area contributed by atoms with Crippen LogP contribution in [0.15, 0.2) is 67.0 Å². The lowest BCUT2D eigenvalue weighted by molar-refractivity contribution is -0.123. The van der Waals surface area contributed by atoms with Crippen molar-refractivity contribution in [3.8, 4) is 17.2 Å². The highest BCUT2D eigenvalue weighted by Crippen LogP contribution is 2.23. The number of ether oxygens (including phenoxy) is 1. The van der Waals surface area contributed by atoms with E-state index in [1.165, 1.54) is 6.07 Å². The number of rotatable bonds is 7. The van der Waals surface area contributed by atoms with Crippen molar-refractivity contribution in [2.75, 3.05) is 13.2 Å². The van der Waals surface area contributed by atoms with Crippen LogP contribution in [-0.4, -0.2) is 33.9 Å². The first-order valence-electron chi connectivity index (χ1n) is 7.99. The molecule has 0 spiro atoms. The van der Waals surface area contributed by atoms with Gasteiger partial charge in [-0.15, -0.1) is 0 Å². The summed E-state index contributed by atoms with van der Waals surface area (Å²) in [6, 6.07) is 16.4. The van der Waals surface area contributed by atoms with Crippen LogP contribution in [-0.2, 0) is 11.2 Å². The predicted octanol–water partition coefficient (Wildman–Crippen LogP) is 2.32. The van der Waals surface area contributed by atoms with Crippen LogP contribution in [0.1, 0.15) is 5.56 Å². The molecular weight excluding hydrogens is 318 g/mol. The number of hydrogen-bond donors (Lipinski definition) is 2. The molecule has 6 nitrogen and oxygen atoms in total. The summed E-state index contributed by atoms with van der Waals surface area (Å²) in [5, 5.41) is 16.7. The molecule has 128 valence electrons. The molecule has 3 rings (SSSR count). The summed E-state index contributed by atoms with van der Waals surface area (Å²) in [5.74, 6) is 0.0733. The lowest BCUT2D eigenvalue weighted by Crippen LogP contribution is -2.30. The molecule has 0 atom stereocenters. The van der Waals surface area contributed by atoms with Crippen LogP contribution in [0.25, 0.3) is 5.69 Å². The molecule has 1 aromatic heterocycles. The van der Waals surface area contributed by atoms with Gasteiger partial charge in [-0.05, 0) is 36.2 Å². The van der Waals surface area contributed by atoms with Crippen LogP contribution in [0.4, 0.5) is 0 Å². The standard InChI is InChI=1S/C19H19N3O3/c23-17-8-4-5-9-18(17)25-14-19(24)20-11-10-15-12-21-22(13-15)16-6-2-1-3-7-16/h1-9,12-13,23H,10-11,14H2,(H,20,24). The second kappa shape index (κ2) is 8.01. The lowest BCUT2D eigenvalue weighted by Gasteiger charge is -2.08. The molecule has 0 aliphatic carbocycles. The number of para-hydroxylation sites is 3. The van der Waals surface area contributed by atoms with Gasteiger partial charge < -0.3 is 15.2 Å². The first kappa shape index (κ1) is 16.6. The third-order valence-corrected chi connectivity index (χ3v) is 3.62. The van der Waals surface area contributed by atoms with Crippen molar-refractivity contribution in [2.45, 2.75) is 6.42 Å². The zero-order valence-electron chi connectivity index (χ0n) is 13.6. The zero-order valence-corrected chi connectivity index (χ0v) is 13.6. The number of carbonyl (C=O) groups is 1. The third kappa shape index (κ3) is 4.60. The number of phenols is 1. The normalized spacial score (nSPS) is 10.4. The number of carbonyl (C=O) groups excluding carboxylic acids is 1. The van der Waals surface area contributed by atoms with Crippen LogP contribution < -0.4 is 10.1 Å².